The number of rotatable bonds is 6. The van der Waals surface area contributed by atoms with Gasteiger partial charge in [-0.15, -0.1) is 0 Å². The number of hydrogen-bond donors (Lipinski definition) is 2. The fourth-order valence-corrected chi connectivity index (χ4v) is 3.07. The molecule has 2 N–H and O–H groups in total. The Morgan fingerprint density at radius 1 is 1.03 bits per heavy atom. The van der Waals surface area contributed by atoms with E-state index in [0.29, 0.717) is 17.2 Å². The largest absolute Gasteiger partial charge is 0.478 e. The number of benzene rings is 2. The molecule has 2 heterocycles. The molecule has 0 bridgehead atoms. The molecule has 9 heteroatoms. The number of aromatic nitrogens is 2. The smallest absolute Gasteiger partial charge is 0.279 e. The van der Waals surface area contributed by atoms with Gasteiger partial charge >= 0.3 is 0 Å². The Hall–Kier alpha value is -4.40. The number of nitrogens with zero attached hydrogens (tertiary/aromatic N) is 2. The van der Waals surface area contributed by atoms with Crippen LogP contribution in [-0.4, -0.2) is 27.7 Å². The number of halogens is 1. The first kappa shape index (κ1) is 21.8. The van der Waals surface area contributed by atoms with Crippen LogP contribution in [0.5, 0.6) is 5.75 Å². The maximum atomic E-state index is 13.8. The standard InChI is InChI=1S/C24H21FN4O4/c1-15-12-13-21(32-15)22-18(14-29(28-22)17-8-4-3-5-9-17)24(31)27-26-23(30)16(2)33-20-11-7-6-10-19(20)25/h3-14,16H,1-2H3,(H,26,30)(H,27,31). The average Bonchev–Trinajstić information content (AvgIpc) is 3.46. The second kappa shape index (κ2) is 9.39. The van der Waals surface area contributed by atoms with E-state index in [2.05, 4.69) is 16.0 Å². The number of amides is 2. The maximum Gasteiger partial charge on any atom is 0.279 e. The molecule has 0 saturated carbocycles. The van der Waals surface area contributed by atoms with E-state index in [9.17, 15) is 14.0 Å². The van der Waals surface area contributed by atoms with E-state index in [-0.39, 0.29) is 11.3 Å². The van der Waals surface area contributed by atoms with Crippen molar-refractivity contribution in [3.8, 4) is 22.9 Å². The Kier molecular flexibility index (Phi) is 6.21. The van der Waals surface area contributed by atoms with Crippen molar-refractivity contribution < 1.29 is 23.1 Å². The third kappa shape index (κ3) is 4.93. The number of ether oxygens (including phenoxy) is 1. The van der Waals surface area contributed by atoms with Crippen LogP contribution >= 0.6 is 0 Å². The van der Waals surface area contributed by atoms with Gasteiger partial charge in [0.05, 0.1) is 11.3 Å². The molecule has 1 unspecified atom stereocenters. The number of furan rings is 1. The van der Waals surface area contributed by atoms with E-state index in [1.165, 1.54) is 25.1 Å². The van der Waals surface area contributed by atoms with Crippen LogP contribution in [0.25, 0.3) is 17.1 Å². The Morgan fingerprint density at radius 2 is 1.76 bits per heavy atom. The maximum absolute atomic E-state index is 13.8. The topological polar surface area (TPSA) is 98.4 Å². The van der Waals surface area contributed by atoms with Crippen LogP contribution in [0.15, 0.2) is 77.3 Å². The third-order valence-electron chi connectivity index (χ3n) is 4.76. The highest BCUT2D eigenvalue weighted by atomic mass is 19.1. The van der Waals surface area contributed by atoms with Crippen molar-refractivity contribution in [2.24, 2.45) is 0 Å². The number of carbonyl (C=O) groups is 2. The fraction of sp³-hybridized carbons (Fsp3) is 0.125. The summed E-state index contributed by atoms with van der Waals surface area (Å²) in [6.45, 7) is 3.23. The summed E-state index contributed by atoms with van der Waals surface area (Å²) in [7, 11) is 0. The van der Waals surface area contributed by atoms with Crippen LogP contribution in [-0.2, 0) is 4.79 Å². The lowest BCUT2D eigenvalue weighted by molar-refractivity contribution is -0.128. The van der Waals surface area contributed by atoms with Gasteiger partial charge < -0.3 is 9.15 Å². The zero-order valence-corrected chi connectivity index (χ0v) is 17.9. The van der Waals surface area contributed by atoms with Crippen LogP contribution < -0.4 is 15.6 Å². The Labute approximate surface area is 189 Å². The van der Waals surface area contributed by atoms with Gasteiger partial charge in [-0.25, -0.2) is 9.07 Å². The first-order valence-corrected chi connectivity index (χ1v) is 10.2. The summed E-state index contributed by atoms with van der Waals surface area (Å²) in [5.74, 6) is -0.836. The summed E-state index contributed by atoms with van der Waals surface area (Å²) in [5, 5.41) is 4.50. The summed E-state index contributed by atoms with van der Waals surface area (Å²) in [6.07, 6.45) is 0.491. The van der Waals surface area contributed by atoms with E-state index in [4.69, 9.17) is 9.15 Å². The molecule has 0 aliphatic rings. The van der Waals surface area contributed by atoms with E-state index in [0.717, 1.165) is 5.69 Å². The lowest BCUT2D eigenvalue weighted by Gasteiger charge is -2.15. The zero-order valence-electron chi connectivity index (χ0n) is 17.9. The lowest BCUT2D eigenvalue weighted by atomic mass is 10.2. The number of para-hydroxylation sites is 2. The van der Waals surface area contributed by atoms with Crippen LogP contribution in [0.1, 0.15) is 23.0 Å². The lowest BCUT2D eigenvalue weighted by Crippen LogP contribution is -2.47. The van der Waals surface area contributed by atoms with Gasteiger partial charge in [0.1, 0.15) is 11.5 Å². The van der Waals surface area contributed by atoms with Gasteiger partial charge in [-0.05, 0) is 50.2 Å². The molecule has 0 radical (unpaired) electrons. The minimum Gasteiger partial charge on any atom is -0.478 e. The van der Waals surface area contributed by atoms with Crippen LogP contribution in [0.2, 0.25) is 0 Å². The summed E-state index contributed by atoms with van der Waals surface area (Å²) in [6, 6.07) is 18.5. The molecule has 168 valence electrons. The van der Waals surface area contributed by atoms with Gasteiger partial charge in [-0.3, -0.25) is 20.4 Å². The zero-order chi connectivity index (χ0) is 23.4. The van der Waals surface area contributed by atoms with E-state index < -0.39 is 23.7 Å². The molecule has 0 aliphatic heterocycles. The molecule has 0 spiro atoms. The minimum absolute atomic E-state index is 0.0638. The van der Waals surface area contributed by atoms with E-state index in [1.54, 1.807) is 36.0 Å². The van der Waals surface area contributed by atoms with E-state index >= 15 is 0 Å². The molecule has 8 nitrogen and oxygen atoms in total. The highest BCUT2D eigenvalue weighted by Gasteiger charge is 2.23. The SMILES string of the molecule is Cc1ccc(-c2nn(-c3ccccc3)cc2C(=O)NNC(=O)C(C)Oc2ccccc2F)o1. The predicted molar refractivity (Wildman–Crippen MR) is 118 cm³/mol. The van der Waals surface area contributed by atoms with Crippen molar-refractivity contribution in [3.05, 3.63) is 90.1 Å². The first-order valence-electron chi connectivity index (χ1n) is 10.2. The molecular formula is C24H21FN4O4. The first-order chi connectivity index (χ1) is 15.9. The number of nitrogens with one attached hydrogen (secondary N) is 2. The molecular weight excluding hydrogens is 427 g/mol. The number of hydrazine groups is 1. The molecule has 0 saturated heterocycles. The Balaban J connectivity index is 1.50. The molecule has 1 atom stereocenters. The quantitative estimate of drug-likeness (QED) is 0.437. The van der Waals surface area contributed by atoms with Gasteiger partial charge in [-0.1, -0.05) is 30.3 Å². The van der Waals surface area contributed by atoms with Crippen molar-refractivity contribution in [1.29, 1.82) is 0 Å². The Morgan fingerprint density at radius 3 is 2.45 bits per heavy atom. The second-order valence-electron chi connectivity index (χ2n) is 7.22. The van der Waals surface area contributed by atoms with Crippen LogP contribution in [0.3, 0.4) is 0 Å². The Bertz CT molecular complexity index is 1280. The molecule has 0 fully saturated rings. The highest BCUT2D eigenvalue weighted by molar-refractivity contribution is 6.00. The summed E-state index contributed by atoms with van der Waals surface area (Å²) < 4.78 is 26.3. The minimum atomic E-state index is -1.05. The summed E-state index contributed by atoms with van der Waals surface area (Å²) >= 11 is 0. The number of carbonyl (C=O) groups excluding carboxylic acids is 2. The summed E-state index contributed by atoms with van der Waals surface area (Å²) in [5.41, 5.74) is 5.91. The average molecular weight is 448 g/mol. The van der Waals surface area contributed by atoms with Crippen molar-refractivity contribution in [1.82, 2.24) is 20.6 Å². The molecule has 2 amide bonds. The normalized spacial score (nSPS) is 11.6. The number of hydrogen-bond acceptors (Lipinski definition) is 5. The molecule has 0 aliphatic carbocycles. The summed E-state index contributed by atoms with van der Waals surface area (Å²) in [4.78, 5) is 25.3. The van der Waals surface area contributed by atoms with Crippen molar-refractivity contribution in [2.75, 3.05) is 0 Å². The van der Waals surface area contributed by atoms with Crippen molar-refractivity contribution in [2.45, 2.75) is 20.0 Å². The highest BCUT2D eigenvalue weighted by Crippen LogP contribution is 2.25. The van der Waals surface area contributed by atoms with Gasteiger partial charge in [0.2, 0.25) is 0 Å². The molecule has 33 heavy (non-hydrogen) atoms. The van der Waals surface area contributed by atoms with Gasteiger partial charge in [0, 0.05) is 6.20 Å². The van der Waals surface area contributed by atoms with Gasteiger partial charge in [-0.2, -0.15) is 5.10 Å². The monoisotopic (exact) mass is 448 g/mol. The second-order valence-corrected chi connectivity index (χ2v) is 7.22. The molecule has 2 aromatic heterocycles. The van der Waals surface area contributed by atoms with Crippen molar-refractivity contribution >= 4 is 11.8 Å². The predicted octanol–water partition coefficient (Wildman–Crippen LogP) is 3.81. The molecule has 4 rings (SSSR count). The molecule has 2 aromatic carbocycles. The van der Waals surface area contributed by atoms with E-state index in [1.807, 2.05) is 30.3 Å². The molecule has 4 aromatic rings. The third-order valence-corrected chi connectivity index (χ3v) is 4.76. The van der Waals surface area contributed by atoms with Gasteiger partial charge in [0.15, 0.2) is 23.4 Å². The van der Waals surface area contributed by atoms with Crippen LogP contribution in [0, 0.1) is 12.7 Å². The van der Waals surface area contributed by atoms with Crippen molar-refractivity contribution in [3.63, 3.8) is 0 Å². The number of aryl methyl sites for hydroxylation is 1. The fourth-order valence-electron chi connectivity index (χ4n) is 3.07. The van der Waals surface area contributed by atoms with Gasteiger partial charge in [0.25, 0.3) is 11.8 Å². The van der Waals surface area contributed by atoms with Crippen LogP contribution in [0.4, 0.5) is 4.39 Å².